The van der Waals surface area contributed by atoms with Gasteiger partial charge in [0.15, 0.2) is 0 Å². The predicted octanol–water partition coefficient (Wildman–Crippen LogP) is 6.10. The molecule has 1 fully saturated rings. The molecule has 0 bridgehead atoms. The van der Waals surface area contributed by atoms with E-state index in [9.17, 15) is 0 Å². The summed E-state index contributed by atoms with van der Waals surface area (Å²) >= 11 is 0. The van der Waals surface area contributed by atoms with E-state index in [2.05, 4.69) is 109 Å². The fraction of sp³-hybridized carbons (Fsp3) is 0.385. The molecule has 0 N–H and O–H groups in total. The minimum atomic E-state index is -0.338. The minimum Gasteiger partial charge on any atom is -0.399 e. The second-order valence-corrected chi connectivity index (χ2v) is 10.2. The van der Waals surface area contributed by atoms with Crippen LogP contribution in [0.2, 0.25) is 0 Å². The van der Waals surface area contributed by atoms with Crippen LogP contribution < -0.4 is 5.46 Å². The molecule has 0 aromatic heterocycles. The normalized spacial score (nSPS) is 18.4. The van der Waals surface area contributed by atoms with Gasteiger partial charge in [-0.05, 0) is 72.1 Å². The number of benzene rings is 3. The number of rotatable bonds is 2. The van der Waals surface area contributed by atoms with Crippen LogP contribution in [0.1, 0.15) is 54.0 Å². The summed E-state index contributed by atoms with van der Waals surface area (Å²) in [5.41, 5.74) is 4.30. The highest BCUT2D eigenvalue weighted by Crippen LogP contribution is 2.37. The fourth-order valence-corrected chi connectivity index (χ4v) is 3.74. The van der Waals surface area contributed by atoms with Gasteiger partial charge in [-0.25, -0.2) is 0 Å². The summed E-state index contributed by atoms with van der Waals surface area (Å²) in [5, 5.41) is 2.54. The lowest BCUT2D eigenvalue weighted by Crippen LogP contribution is -2.41. The van der Waals surface area contributed by atoms with Crippen LogP contribution >= 0.6 is 0 Å². The molecule has 1 saturated heterocycles. The van der Waals surface area contributed by atoms with Gasteiger partial charge in [-0.15, -0.1) is 0 Å². The fourth-order valence-electron chi connectivity index (χ4n) is 3.74. The summed E-state index contributed by atoms with van der Waals surface area (Å²) in [4.78, 5) is 0. The second-order valence-electron chi connectivity index (χ2n) is 10.2. The van der Waals surface area contributed by atoms with Gasteiger partial charge in [0.1, 0.15) is 0 Å². The number of fused-ring (bicyclic) bond motifs is 1. The van der Waals surface area contributed by atoms with Crippen molar-refractivity contribution in [2.45, 2.75) is 65.1 Å². The molecular weight excluding hydrogens is 355 g/mol. The highest BCUT2D eigenvalue weighted by molar-refractivity contribution is 6.62. The van der Waals surface area contributed by atoms with Crippen LogP contribution in [0.4, 0.5) is 0 Å². The minimum absolute atomic E-state index is 0.157. The predicted molar refractivity (Wildman–Crippen MR) is 124 cm³/mol. The summed E-state index contributed by atoms with van der Waals surface area (Å²) in [6.07, 6.45) is 0. The average molecular weight is 386 g/mol. The van der Waals surface area contributed by atoms with Crippen molar-refractivity contribution in [3.63, 3.8) is 0 Å². The molecule has 0 amide bonds. The number of hydrogen-bond acceptors (Lipinski definition) is 2. The molecule has 0 saturated carbocycles. The Morgan fingerprint density at radius 2 is 1.28 bits per heavy atom. The summed E-state index contributed by atoms with van der Waals surface area (Å²) in [7, 11) is -0.338. The highest BCUT2D eigenvalue weighted by Gasteiger charge is 2.51. The zero-order chi connectivity index (χ0) is 21.0. The van der Waals surface area contributed by atoms with E-state index in [1.54, 1.807) is 0 Å². The van der Waals surface area contributed by atoms with Crippen molar-refractivity contribution < 1.29 is 9.31 Å². The van der Waals surface area contributed by atoms with E-state index >= 15 is 0 Å². The van der Waals surface area contributed by atoms with E-state index in [-0.39, 0.29) is 23.7 Å². The van der Waals surface area contributed by atoms with Crippen LogP contribution in [-0.2, 0) is 14.7 Å². The van der Waals surface area contributed by atoms with Crippen LogP contribution in [0.5, 0.6) is 0 Å². The third-order valence-corrected chi connectivity index (χ3v) is 6.45. The first-order chi connectivity index (χ1) is 13.5. The molecule has 0 spiro atoms. The molecule has 29 heavy (non-hydrogen) atoms. The van der Waals surface area contributed by atoms with Crippen LogP contribution in [0, 0.1) is 0 Å². The molecule has 3 heteroatoms. The van der Waals surface area contributed by atoms with Gasteiger partial charge >= 0.3 is 7.12 Å². The maximum absolute atomic E-state index is 6.23. The average Bonchev–Trinajstić information content (AvgIpc) is 2.88. The maximum Gasteiger partial charge on any atom is 0.494 e. The van der Waals surface area contributed by atoms with Gasteiger partial charge in [0.05, 0.1) is 11.2 Å². The first kappa shape index (κ1) is 20.2. The van der Waals surface area contributed by atoms with Crippen molar-refractivity contribution in [1.29, 1.82) is 0 Å². The van der Waals surface area contributed by atoms with Gasteiger partial charge < -0.3 is 9.31 Å². The molecule has 3 aromatic carbocycles. The van der Waals surface area contributed by atoms with Gasteiger partial charge in [-0.1, -0.05) is 75.4 Å². The zero-order valence-electron chi connectivity index (χ0n) is 18.7. The van der Waals surface area contributed by atoms with Crippen LogP contribution in [0.3, 0.4) is 0 Å². The standard InChI is InChI=1S/C26H31BO2/c1-24(2,3)22-14-13-20-15-19(11-12-21(20)16-22)18-9-8-10-23(17-18)27-28-25(4,5)26(6,7)29-27/h8-17H,1-7H3. The van der Waals surface area contributed by atoms with Gasteiger partial charge in [-0.2, -0.15) is 0 Å². The lowest BCUT2D eigenvalue weighted by Gasteiger charge is -2.32. The van der Waals surface area contributed by atoms with E-state index in [4.69, 9.17) is 9.31 Å². The van der Waals surface area contributed by atoms with E-state index in [1.165, 1.54) is 27.5 Å². The third-order valence-electron chi connectivity index (χ3n) is 6.45. The molecule has 4 rings (SSSR count). The highest BCUT2D eigenvalue weighted by atomic mass is 16.7. The van der Waals surface area contributed by atoms with E-state index < -0.39 is 0 Å². The molecule has 1 heterocycles. The second kappa shape index (κ2) is 6.72. The van der Waals surface area contributed by atoms with Gasteiger partial charge in [0.25, 0.3) is 0 Å². The van der Waals surface area contributed by atoms with Gasteiger partial charge in [0.2, 0.25) is 0 Å². The van der Waals surface area contributed by atoms with Crippen LogP contribution in [-0.4, -0.2) is 18.3 Å². The van der Waals surface area contributed by atoms with Crippen LogP contribution in [0.15, 0.2) is 60.7 Å². The smallest absolute Gasteiger partial charge is 0.399 e. The molecule has 150 valence electrons. The SMILES string of the molecule is CC(C)(C)c1ccc2cc(-c3cccc(B4OC(C)(C)C(C)(C)O4)c3)ccc2c1. The van der Waals surface area contributed by atoms with Gasteiger partial charge in [0, 0.05) is 0 Å². The summed E-state index contributed by atoms with van der Waals surface area (Å²) in [6, 6.07) is 22.0. The van der Waals surface area contributed by atoms with Crippen molar-refractivity contribution >= 4 is 23.4 Å². The summed E-state index contributed by atoms with van der Waals surface area (Å²) in [5.74, 6) is 0. The lowest BCUT2D eigenvalue weighted by atomic mass is 9.78. The molecule has 0 unspecified atom stereocenters. The summed E-state index contributed by atoms with van der Waals surface area (Å²) in [6.45, 7) is 15.1. The van der Waals surface area contributed by atoms with Crippen molar-refractivity contribution in [3.05, 3.63) is 66.2 Å². The van der Waals surface area contributed by atoms with Crippen molar-refractivity contribution in [3.8, 4) is 11.1 Å². The topological polar surface area (TPSA) is 18.5 Å². The molecule has 0 atom stereocenters. The third kappa shape index (κ3) is 3.74. The molecule has 1 aliphatic heterocycles. The Hall–Kier alpha value is -2.10. The molecule has 2 nitrogen and oxygen atoms in total. The van der Waals surface area contributed by atoms with Crippen molar-refractivity contribution in [2.75, 3.05) is 0 Å². The first-order valence-electron chi connectivity index (χ1n) is 10.5. The Balaban J connectivity index is 1.67. The van der Waals surface area contributed by atoms with Crippen LogP contribution in [0.25, 0.3) is 21.9 Å². The maximum atomic E-state index is 6.23. The quantitative estimate of drug-likeness (QED) is 0.495. The Bertz CT molecular complexity index is 1040. The van der Waals surface area contributed by atoms with Crippen molar-refractivity contribution in [2.24, 2.45) is 0 Å². The molecule has 0 radical (unpaired) electrons. The summed E-state index contributed by atoms with van der Waals surface area (Å²) < 4.78 is 12.5. The number of hydrogen-bond donors (Lipinski definition) is 0. The molecule has 1 aliphatic rings. The molecular formula is C26H31BO2. The van der Waals surface area contributed by atoms with E-state index in [0.29, 0.717) is 0 Å². The Morgan fingerprint density at radius 3 is 1.93 bits per heavy atom. The Kier molecular flexibility index (Phi) is 4.68. The van der Waals surface area contributed by atoms with E-state index in [0.717, 1.165) is 5.46 Å². The Labute approximate surface area is 175 Å². The largest absolute Gasteiger partial charge is 0.494 e. The Morgan fingerprint density at radius 1 is 0.690 bits per heavy atom. The van der Waals surface area contributed by atoms with Crippen molar-refractivity contribution in [1.82, 2.24) is 0 Å². The zero-order valence-corrected chi connectivity index (χ0v) is 18.7. The molecule has 3 aromatic rings. The monoisotopic (exact) mass is 386 g/mol. The van der Waals surface area contributed by atoms with Gasteiger partial charge in [-0.3, -0.25) is 0 Å². The van der Waals surface area contributed by atoms with E-state index in [1.807, 2.05) is 0 Å². The first-order valence-corrected chi connectivity index (χ1v) is 10.5. The molecule has 0 aliphatic carbocycles. The lowest BCUT2D eigenvalue weighted by molar-refractivity contribution is 0.00578.